The summed E-state index contributed by atoms with van der Waals surface area (Å²) in [7, 11) is 1.89. The van der Waals surface area contributed by atoms with E-state index in [2.05, 4.69) is 15.5 Å². The molecule has 1 aromatic rings. The second-order valence-corrected chi connectivity index (χ2v) is 5.26. The van der Waals surface area contributed by atoms with Gasteiger partial charge in [0.25, 0.3) is 0 Å². The second-order valence-electron chi connectivity index (χ2n) is 4.16. The smallest absolute Gasteiger partial charge is 0.326 e. The minimum Gasteiger partial charge on any atom is -0.480 e. The second kappa shape index (κ2) is 7.13. The molecule has 7 nitrogen and oxygen atoms in total. The highest BCUT2D eigenvalue weighted by molar-refractivity contribution is 7.98. The van der Waals surface area contributed by atoms with E-state index in [1.54, 1.807) is 11.8 Å². The predicted molar refractivity (Wildman–Crippen MR) is 71.8 cm³/mol. The Kier molecular flexibility index (Phi) is 5.81. The van der Waals surface area contributed by atoms with Crippen molar-refractivity contribution in [2.45, 2.75) is 32.1 Å². The zero-order valence-corrected chi connectivity index (χ0v) is 12.0. The maximum absolute atomic E-state index is 10.9. The molecule has 1 aromatic heterocycles. The van der Waals surface area contributed by atoms with Crippen LogP contribution in [0.15, 0.2) is 0 Å². The van der Waals surface area contributed by atoms with Crippen LogP contribution in [-0.4, -0.2) is 43.5 Å². The molecule has 1 unspecified atom stereocenters. The van der Waals surface area contributed by atoms with Crippen LogP contribution in [0.1, 0.15) is 25.0 Å². The van der Waals surface area contributed by atoms with Crippen molar-refractivity contribution in [3.05, 3.63) is 11.6 Å². The lowest BCUT2D eigenvalue weighted by Crippen LogP contribution is -2.39. The number of hydrogen-bond donors (Lipinski definition) is 2. The summed E-state index contributed by atoms with van der Waals surface area (Å²) in [6.45, 7) is 3.18. The molecule has 0 spiro atoms. The van der Waals surface area contributed by atoms with E-state index in [-0.39, 0.29) is 5.91 Å². The number of rotatable bonds is 7. The summed E-state index contributed by atoms with van der Waals surface area (Å²) < 4.78 is 1.90. The molecule has 0 saturated carbocycles. The minimum absolute atomic E-state index is 0.332. The number of aliphatic carboxylic acids is 1. The molecular weight excluding hydrogens is 268 g/mol. The monoisotopic (exact) mass is 286 g/mol. The number of carboxylic acid groups (broad SMARTS) is 1. The van der Waals surface area contributed by atoms with E-state index in [9.17, 15) is 9.59 Å². The number of thioether (sulfide) groups is 1. The van der Waals surface area contributed by atoms with Crippen molar-refractivity contribution >= 4 is 23.6 Å². The summed E-state index contributed by atoms with van der Waals surface area (Å²) in [6.07, 6.45) is 0.385. The largest absolute Gasteiger partial charge is 0.480 e. The van der Waals surface area contributed by atoms with E-state index in [4.69, 9.17) is 5.11 Å². The SMILES string of the molecule is CC(=O)NC(CCSCc1nnc(C)n1C)C(=O)O. The molecule has 106 valence electrons. The maximum atomic E-state index is 10.9. The Morgan fingerprint density at radius 2 is 2.16 bits per heavy atom. The summed E-state index contributed by atoms with van der Waals surface area (Å²) in [6, 6.07) is -0.828. The van der Waals surface area contributed by atoms with Gasteiger partial charge in [0.05, 0.1) is 5.75 Å². The normalized spacial score (nSPS) is 12.2. The lowest BCUT2D eigenvalue weighted by Gasteiger charge is -2.12. The lowest BCUT2D eigenvalue weighted by molar-refractivity contribution is -0.141. The molecule has 0 saturated heterocycles. The van der Waals surface area contributed by atoms with Gasteiger partial charge in [-0.3, -0.25) is 4.79 Å². The fourth-order valence-electron chi connectivity index (χ4n) is 1.44. The van der Waals surface area contributed by atoms with Crippen LogP contribution < -0.4 is 5.32 Å². The molecule has 0 aliphatic rings. The van der Waals surface area contributed by atoms with Gasteiger partial charge in [0.2, 0.25) is 5.91 Å². The molecule has 0 bridgehead atoms. The van der Waals surface area contributed by atoms with Crippen molar-refractivity contribution in [3.8, 4) is 0 Å². The van der Waals surface area contributed by atoms with Gasteiger partial charge >= 0.3 is 5.97 Å². The number of carbonyl (C=O) groups excluding carboxylic acids is 1. The Bertz CT molecular complexity index is 461. The molecule has 0 aromatic carbocycles. The lowest BCUT2D eigenvalue weighted by atomic mass is 10.2. The first kappa shape index (κ1) is 15.5. The number of aryl methyl sites for hydroxylation is 1. The molecule has 1 amide bonds. The van der Waals surface area contributed by atoms with Crippen molar-refractivity contribution in [1.29, 1.82) is 0 Å². The van der Waals surface area contributed by atoms with E-state index >= 15 is 0 Å². The molecule has 1 atom stereocenters. The third kappa shape index (κ3) is 4.90. The van der Waals surface area contributed by atoms with Gasteiger partial charge in [0.1, 0.15) is 17.7 Å². The summed E-state index contributed by atoms with van der Waals surface area (Å²) in [4.78, 5) is 21.8. The van der Waals surface area contributed by atoms with E-state index in [0.29, 0.717) is 17.9 Å². The zero-order chi connectivity index (χ0) is 14.4. The van der Waals surface area contributed by atoms with Crippen LogP contribution in [0.3, 0.4) is 0 Å². The van der Waals surface area contributed by atoms with Crippen LogP contribution in [-0.2, 0) is 22.4 Å². The molecule has 2 N–H and O–H groups in total. The topological polar surface area (TPSA) is 97.1 Å². The molecule has 8 heteroatoms. The fourth-order valence-corrected chi connectivity index (χ4v) is 2.42. The van der Waals surface area contributed by atoms with Crippen LogP contribution in [0, 0.1) is 6.92 Å². The van der Waals surface area contributed by atoms with Crippen LogP contribution in [0.5, 0.6) is 0 Å². The molecule has 0 aliphatic heterocycles. The third-order valence-electron chi connectivity index (χ3n) is 2.64. The Labute approximate surface area is 115 Å². The number of amides is 1. The van der Waals surface area contributed by atoms with Crippen LogP contribution in [0.4, 0.5) is 0 Å². The Hall–Kier alpha value is -1.57. The van der Waals surface area contributed by atoms with Crippen molar-refractivity contribution in [3.63, 3.8) is 0 Å². The summed E-state index contributed by atoms with van der Waals surface area (Å²) in [5, 5.41) is 19.3. The van der Waals surface area contributed by atoms with Gasteiger partial charge in [-0.05, 0) is 19.1 Å². The van der Waals surface area contributed by atoms with Crippen molar-refractivity contribution in [2.75, 3.05) is 5.75 Å². The van der Waals surface area contributed by atoms with Gasteiger partial charge in [0, 0.05) is 14.0 Å². The minimum atomic E-state index is -1.01. The number of nitrogens with zero attached hydrogens (tertiary/aromatic N) is 3. The molecule has 19 heavy (non-hydrogen) atoms. The van der Waals surface area contributed by atoms with Gasteiger partial charge in [-0.2, -0.15) is 11.8 Å². The maximum Gasteiger partial charge on any atom is 0.326 e. The zero-order valence-electron chi connectivity index (χ0n) is 11.2. The fraction of sp³-hybridized carbons (Fsp3) is 0.636. The number of carboxylic acids is 1. The van der Waals surface area contributed by atoms with Crippen molar-refractivity contribution in [1.82, 2.24) is 20.1 Å². The molecular formula is C11H18N4O3S. The molecule has 0 radical (unpaired) electrons. The number of carbonyl (C=O) groups is 2. The average molecular weight is 286 g/mol. The highest BCUT2D eigenvalue weighted by Crippen LogP contribution is 2.12. The highest BCUT2D eigenvalue weighted by atomic mass is 32.2. The van der Waals surface area contributed by atoms with E-state index in [1.807, 2.05) is 18.5 Å². The van der Waals surface area contributed by atoms with Gasteiger partial charge in [0.15, 0.2) is 0 Å². The predicted octanol–water partition coefficient (Wildman–Crippen LogP) is 0.336. The molecule has 1 rings (SSSR count). The summed E-state index contributed by atoms with van der Waals surface area (Å²) >= 11 is 1.57. The van der Waals surface area contributed by atoms with Crippen molar-refractivity contribution in [2.24, 2.45) is 7.05 Å². The van der Waals surface area contributed by atoms with E-state index in [1.165, 1.54) is 6.92 Å². The third-order valence-corrected chi connectivity index (χ3v) is 3.63. The van der Waals surface area contributed by atoms with E-state index < -0.39 is 12.0 Å². The van der Waals surface area contributed by atoms with Crippen LogP contribution >= 0.6 is 11.8 Å². The van der Waals surface area contributed by atoms with Gasteiger partial charge < -0.3 is 15.0 Å². The Morgan fingerprint density at radius 3 is 2.63 bits per heavy atom. The summed E-state index contributed by atoms with van der Waals surface area (Å²) in [5.74, 6) is 1.66. The number of aromatic nitrogens is 3. The number of nitrogens with one attached hydrogen (secondary N) is 1. The molecule has 0 fully saturated rings. The molecule has 0 aliphatic carbocycles. The van der Waals surface area contributed by atoms with Crippen LogP contribution in [0.2, 0.25) is 0 Å². The van der Waals surface area contributed by atoms with Crippen LogP contribution in [0.25, 0.3) is 0 Å². The standard InChI is InChI=1S/C11H18N4O3S/c1-7-13-14-10(15(7)3)6-19-5-4-9(11(17)18)12-8(2)16/h9H,4-6H2,1-3H3,(H,12,16)(H,17,18). The van der Waals surface area contributed by atoms with Gasteiger partial charge in [-0.25, -0.2) is 4.79 Å². The Morgan fingerprint density at radius 1 is 1.47 bits per heavy atom. The van der Waals surface area contributed by atoms with Gasteiger partial charge in [-0.15, -0.1) is 10.2 Å². The highest BCUT2D eigenvalue weighted by Gasteiger charge is 2.17. The first-order valence-electron chi connectivity index (χ1n) is 5.84. The average Bonchev–Trinajstić information content (AvgIpc) is 2.64. The first-order chi connectivity index (χ1) is 8.91. The van der Waals surface area contributed by atoms with Crippen molar-refractivity contribution < 1.29 is 14.7 Å². The first-order valence-corrected chi connectivity index (χ1v) is 6.99. The quantitative estimate of drug-likeness (QED) is 0.701. The van der Waals surface area contributed by atoms with Gasteiger partial charge in [-0.1, -0.05) is 0 Å². The van der Waals surface area contributed by atoms with E-state index in [0.717, 1.165) is 11.6 Å². The molecule has 1 heterocycles. The summed E-state index contributed by atoms with van der Waals surface area (Å²) in [5.41, 5.74) is 0. The Balaban J connectivity index is 2.34. The number of hydrogen-bond acceptors (Lipinski definition) is 5.